The molecule has 0 unspecified atom stereocenters. The van der Waals surface area contributed by atoms with E-state index in [9.17, 15) is 0 Å². The van der Waals surface area contributed by atoms with Gasteiger partial charge in [0, 0.05) is 16.5 Å². The van der Waals surface area contributed by atoms with Crippen LogP contribution in [0, 0.1) is 0 Å². The summed E-state index contributed by atoms with van der Waals surface area (Å²) in [5.74, 6) is 2.07. The standard InChI is InChI=1S/C6H14S2.Ni/c7-5-3-1-2-4-6-8;/h7-8H,1-6H2;. The molecule has 0 aliphatic carbocycles. The summed E-state index contributed by atoms with van der Waals surface area (Å²) in [5.41, 5.74) is 0. The van der Waals surface area contributed by atoms with E-state index in [0.717, 1.165) is 11.5 Å². The molecule has 0 radical (unpaired) electrons. The summed E-state index contributed by atoms with van der Waals surface area (Å²) in [7, 11) is 0. The van der Waals surface area contributed by atoms with E-state index in [0.29, 0.717) is 0 Å². The second-order valence-corrected chi connectivity index (χ2v) is 2.76. The third-order valence-corrected chi connectivity index (χ3v) is 1.70. The van der Waals surface area contributed by atoms with E-state index in [1.807, 2.05) is 0 Å². The van der Waals surface area contributed by atoms with Gasteiger partial charge in [0.15, 0.2) is 0 Å². The average Bonchev–Trinajstić information content (AvgIpc) is 1.81. The van der Waals surface area contributed by atoms with Crippen molar-refractivity contribution in [2.75, 3.05) is 11.5 Å². The Labute approximate surface area is 78.9 Å². The number of hydrogen-bond acceptors (Lipinski definition) is 2. The van der Waals surface area contributed by atoms with Crippen molar-refractivity contribution in [2.24, 2.45) is 0 Å². The molecule has 0 saturated carbocycles. The molecule has 3 heteroatoms. The minimum atomic E-state index is 0. The van der Waals surface area contributed by atoms with Gasteiger partial charge in [-0.25, -0.2) is 0 Å². The van der Waals surface area contributed by atoms with Crippen LogP contribution in [0.4, 0.5) is 0 Å². The molecule has 0 aliphatic rings. The minimum Gasteiger partial charge on any atom is -0.179 e. The van der Waals surface area contributed by atoms with E-state index < -0.39 is 0 Å². The zero-order valence-corrected chi connectivity index (χ0v) is 8.23. The van der Waals surface area contributed by atoms with Gasteiger partial charge in [-0.2, -0.15) is 25.3 Å². The SMILES string of the molecule is SCCCCCCS.[Ni]. The van der Waals surface area contributed by atoms with E-state index in [2.05, 4.69) is 25.3 Å². The zero-order valence-electron chi connectivity index (χ0n) is 5.45. The van der Waals surface area contributed by atoms with Crippen molar-refractivity contribution in [2.45, 2.75) is 25.7 Å². The van der Waals surface area contributed by atoms with E-state index in [1.54, 1.807) is 0 Å². The molecule has 0 aliphatic heterocycles. The van der Waals surface area contributed by atoms with Crippen LogP contribution in [-0.2, 0) is 16.5 Å². The van der Waals surface area contributed by atoms with Gasteiger partial charge in [0.2, 0.25) is 0 Å². The van der Waals surface area contributed by atoms with Crippen LogP contribution in [0.5, 0.6) is 0 Å². The molecule has 0 bridgehead atoms. The second-order valence-electron chi connectivity index (χ2n) is 1.86. The quantitative estimate of drug-likeness (QED) is 0.387. The topological polar surface area (TPSA) is 0 Å². The summed E-state index contributed by atoms with van der Waals surface area (Å²) in [6.45, 7) is 0. The Hall–Kier alpha value is 1.19. The molecule has 60 valence electrons. The van der Waals surface area contributed by atoms with Gasteiger partial charge in [0.25, 0.3) is 0 Å². The Morgan fingerprint density at radius 2 is 1.00 bits per heavy atom. The fourth-order valence-corrected chi connectivity index (χ4v) is 1.02. The molecular weight excluding hydrogens is 195 g/mol. The minimum absolute atomic E-state index is 0. The molecule has 0 spiro atoms. The monoisotopic (exact) mass is 208 g/mol. The Morgan fingerprint density at radius 1 is 0.667 bits per heavy atom. The molecule has 0 atom stereocenters. The molecule has 0 rings (SSSR count). The normalized spacial score (nSPS) is 8.67. The van der Waals surface area contributed by atoms with Gasteiger partial charge in [-0.05, 0) is 24.3 Å². The molecule has 0 N–H and O–H groups in total. The molecule has 9 heavy (non-hydrogen) atoms. The van der Waals surface area contributed by atoms with Gasteiger partial charge in [-0.3, -0.25) is 0 Å². The van der Waals surface area contributed by atoms with Crippen LogP contribution in [0.1, 0.15) is 25.7 Å². The Balaban J connectivity index is 0. The largest absolute Gasteiger partial charge is 0.179 e. The fourth-order valence-electron chi connectivity index (χ4n) is 0.577. The van der Waals surface area contributed by atoms with E-state index in [1.165, 1.54) is 25.7 Å². The van der Waals surface area contributed by atoms with Crippen LogP contribution in [0.2, 0.25) is 0 Å². The van der Waals surface area contributed by atoms with Crippen molar-refractivity contribution in [3.05, 3.63) is 0 Å². The molecule has 0 nitrogen and oxygen atoms in total. The van der Waals surface area contributed by atoms with Crippen LogP contribution < -0.4 is 0 Å². The second kappa shape index (κ2) is 11.9. The molecule has 0 fully saturated rings. The predicted molar refractivity (Wildman–Crippen MR) is 46.2 cm³/mol. The van der Waals surface area contributed by atoms with Crippen molar-refractivity contribution < 1.29 is 16.5 Å². The maximum Gasteiger partial charge on any atom is 0 e. The maximum atomic E-state index is 4.10. The van der Waals surface area contributed by atoms with Crippen molar-refractivity contribution in [3.63, 3.8) is 0 Å². The number of rotatable bonds is 5. The van der Waals surface area contributed by atoms with Gasteiger partial charge in [0.1, 0.15) is 0 Å². The van der Waals surface area contributed by atoms with Gasteiger partial charge < -0.3 is 0 Å². The Kier molecular flexibility index (Phi) is 17.0. The molecular formula is C6H14NiS2. The first kappa shape index (κ1) is 12.8. The van der Waals surface area contributed by atoms with Gasteiger partial charge in [-0.15, -0.1) is 0 Å². The summed E-state index contributed by atoms with van der Waals surface area (Å²) in [6.07, 6.45) is 5.17. The van der Waals surface area contributed by atoms with Crippen LogP contribution in [0.3, 0.4) is 0 Å². The van der Waals surface area contributed by atoms with Crippen LogP contribution >= 0.6 is 25.3 Å². The number of hydrogen-bond donors (Lipinski definition) is 2. The third-order valence-electron chi connectivity index (χ3n) is 1.07. The smallest absolute Gasteiger partial charge is 0 e. The first-order chi connectivity index (χ1) is 3.91. The van der Waals surface area contributed by atoms with Crippen molar-refractivity contribution in [1.82, 2.24) is 0 Å². The van der Waals surface area contributed by atoms with Crippen LogP contribution in [-0.4, -0.2) is 11.5 Å². The number of unbranched alkanes of at least 4 members (excludes halogenated alkanes) is 3. The maximum absolute atomic E-state index is 4.10. The first-order valence-electron chi connectivity index (χ1n) is 3.13. The predicted octanol–water partition coefficient (Wildman–Crippen LogP) is 2.40. The van der Waals surface area contributed by atoms with Crippen LogP contribution in [0.25, 0.3) is 0 Å². The van der Waals surface area contributed by atoms with Crippen LogP contribution in [0.15, 0.2) is 0 Å². The average molecular weight is 209 g/mol. The van der Waals surface area contributed by atoms with Crippen molar-refractivity contribution in [3.8, 4) is 0 Å². The van der Waals surface area contributed by atoms with E-state index >= 15 is 0 Å². The van der Waals surface area contributed by atoms with Gasteiger partial charge in [-0.1, -0.05) is 12.8 Å². The Bertz CT molecular complexity index is 36.0. The summed E-state index contributed by atoms with van der Waals surface area (Å²) < 4.78 is 0. The molecule has 0 aromatic heterocycles. The van der Waals surface area contributed by atoms with Gasteiger partial charge in [0.05, 0.1) is 0 Å². The molecule has 0 saturated heterocycles. The van der Waals surface area contributed by atoms with E-state index in [4.69, 9.17) is 0 Å². The van der Waals surface area contributed by atoms with Crippen molar-refractivity contribution >= 4 is 25.3 Å². The fraction of sp³-hybridized carbons (Fsp3) is 1.00. The Morgan fingerprint density at radius 3 is 1.22 bits per heavy atom. The first-order valence-corrected chi connectivity index (χ1v) is 4.40. The molecule has 0 amide bonds. The summed E-state index contributed by atoms with van der Waals surface area (Å²) in [6, 6.07) is 0. The van der Waals surface area contributed by atoms with Gasteiger partial charge >= 0.3 is 0 Å². The number of thiol groups is 2. The summed E-state index contributed by atoms with van der Waals surface area (Å²) >= 11 is 8.21. The molecule has 0 aromatic carbocycles. The zero-order chi connectivity index (χ0) is 6.24. The molecule has 0 heterocycles. The molecule has 0 aromatic rings. The third kappa shape index (κ3) is 12.4. The summed E-state index contributed by atoms with van der Waals surface area (Å²) in [4.78, 5) is 0. The van der Waals surface area contributed by atoms with E-state index in [-0.39, 0.29) is 16.5 Å². The summed E-state index contributed by atoms with van der Waals surface area (Å²) in [5, 5.41) is 0. The van der Waals surface area contributed by atoms with Crippen molar-refractivity contribution in [1.29, 1.82) is 0 Å².